The molecule has 1 saturated heterocycles. The van der Waals surface area contributed by atoms with E-state index >= 15 is 0 Å². The molecule has 1 aliphatic heterocycles. The summed E-state index contributed by atoms with van der Waals surface area (Å²) < 4.78 is 0. The van der Waals surface area contributed by atoms with Crippen LogP contribution in [-0.2, 0) is 0 Å². The second-order valence-electron chi connectivity index (χ2n) is 5.43. The van der Waals surface area contributed by atoms with Crippen molar-refractivity contribution in [2.75, 3.05) is 23.3 Å². The molecule has 1 N–H and O–H groups in total. The maximum atomic E-state index is 4.08. The number of hydrogen-bond acceptors (Lipinski definition) is 3. The van der Waals surface area contributed by atoms with Gasteiger partial charge in [-0.15, -0.1) is 0 Å². The summed E-state index contributed by atoms with van der Waals surface area (Å²) in [5.74, 6) is 0. The van der Waals surface area contributed by atoms with E-state index < -0.39 is 0 Å². The number of aryl methyl sites for hydroxylation is 1. The van der Waals surface area contributed by atoms with E-state index in [0.717, 1.165) is 13.1 Å². The molecule has 0 amide bonds. The van der Waals surface area contributed by atoms with Crippen LogP contribution in [0.3, 0.4) is 0 Å². The fourth-order valence-electron chi connectivity index (χ4n) is 2.79. The predicted molar refractivity (Wildman–Crippen MR) is 84.3 cm³/mol. The molecule has 3 heteroatoms. The van der Waals surface area contributed by atoms with Crippen molar-refractivity contribution in [1.82, 2.24) is 4.98 Å². The lowest BCUT2D eigenvalue weighted by Crippen LogP contribution is -2.39. The van der Waals surface area contributed by atoms with Crippen LogP contribution in [0.5, 0.6) is 0 Å². The number of anilines is 2. The first kappa shape index (κ1) is 13.0. The molecular formula is C17H21N3. The van der Waals surface area contributed by atoms with Crippen molar-refractivity contribution >= 4 is 11.4 Å². The molecule has 0 atom stereocenters. The first-order valence-corrected chi connectivity index (χ1v) is 7.30. The highest BCUT2D eigenvalue weighted by atomic mass is 15.1. The lowest BCUT2D eigenvalue weighted by atomic mass is 10.0. The quantitative estimate of drug-likeness (QED) is 0.923. The zero-order valence-corrected chi connectivity index (χ0v) is 11.9. The summed E-state index contributed by atoms with van der Waals surface area (Å²) >= 11 is 0. The highest BCUT2D eigenvalue weighted by Crippen LogP contribution is 2.22. The molecule has 0 saturated carbocycles. The summed E-state index contributed by atoms with van der Waals surface area (Å²) in [6.07, 6.45) is 6.09. The standard InChI is InChI=1S/C17H21N3/c1-14-4-2-3-5-17(14)19-15-8-12-20(13-9-15)16-6-10-18-11-7-16/h2-7,10-11,15,19H,8-9,12-13H2,1H3. The zero-order chi connectivity index (χ0) is 13.8. The fraction of sp³-hybridized carbons (Fsp3) is 0.353. The highest BCUT2D eigenvalue weighted by molar-refractivity contribution is 5.51. The molecule has 1 aromatic heterocycles. The van der Waals surface area contributed by atoms with Crippen LogP contribution in [0.2, 0.25) is 0 Å². The third-order valence-electron chi connectivity index (χ3n) is 4.03. The number of aromatic nitrogens is 1. The van der Waals surface area contributed by atoms with Gasteiger partial charge in [-0.1, -0.05) is 18.2 Å². The van der Waals surface area contributed by atoms with Gasteiger partial charge in [-0.2, -0.15) is 0 Å². The van der Waals surface area contributed by atoms with Crippen molar-refractivity contribution in [2.45, 2.75) is 25.8 Å². The number of rotatable bonds is 3. The number of piperidine rings is 1. The molecule has 0 radical (unpaired) electrons. The molecule has 0 unspecified atom stereocenters. The van der Waals surface area contributed by atoms with Gasteiger partial charge in [-0.25, -0.2) is 0 Å². The van der Waals surface area contributed by atoms with Crippen molar-refractivity contribution in [3.63, 3.8) is 0 Å². The molecule has 0 aliphatic carbocycles. The van der Waals surface area contributed by atoms with Gasteiger partial charge in [-0.05, 0) is 43.5 Å². The van der Waals surface area contributed by atoms with Crippen LogP contribution in [-0.4, -0.2) is 24.1 Å². The number of pyridine rings is 1. The minimum atomic E-state index is 0.578. The maximum Gasteiger partial charge on any atom is 0.0397 e. The van der Waals surface area contributed by atoms with Gasteiger partial charge >= 0.3 is 0 Å². The van der Waals surface area contributed by atoms with Crippen LogP contribution in [0.15, 0.2) is 48.8 Å². The third kappa shape index (κ3) is 2.93. The largest absolute Gasteiger partial charge is 0.382 e. The SMILES string of the molecule is Cc1ccccc1NC1CCN(c2ccncc2)CC1. The number of benzene rings is 1. The Morgan fingerprint density at radius 2 is 1.75 bits per heavy atom. The minimum Gasteiger partial charge on any atom is -0.382 e. The van der Waals surface area contributed by atoms with Crippen molar-refractivity contribution in [3.8, 4) is 0 Å². The number of para-hydroxylation sites is 1. The monoisotopic (exact) mass is 267 g/mol. The van der Waals surface area contributed by atoms with Crippen LogP contribution in [0.4, 0.5) is 11.4 Å². The smallest absolute Gasteiger partial charge is 0.0397 e. The molecule has 3 nitrogen and oxygen atoms in total. The van der Waals surface area contributed by atoms with Crippen molar-refractivity contribution in [1.29, 1.82) is 0 Å². The van der Waals surface area contributed by atoms with Crippen LogP contribution in [0.1, 0.15) is 18.4 Å². The van der Waals surface area contributed by atoms with E-state index in [1.54, 1.807) is 0 Å². The minimum absolute atomic E-state index is 0.578. The van der Waals surface area contributed by atoms with Crippen molar-refractivity contribution < 1.29 is 0 Å². The molecule has 0 spiro atoms. The summed E-state index contributed by atoms with van der Waals surface area (Å²) in [7, 11) is 0. The average Bonchev–Trinajstić information content (AvgIpc) is 2.51. The van der Waals surface area contributed by atoms with E-state index in [9.17, 15) is 0 Å². The summed E-state index contributed by atoms with van der Waals surface area (Å²) in [5.41, 5.74) is 3.88. The van der Waals surface area contributed by atoms with Gasteiger partial charge in [0.2, 0.25) is 0 Å². The molecular weight excluding hydrogens is 246 g/mol. The maximum absolute atomic E-state index is 4.08. The Balaban J connectivity index is 1.58. The lowest BCUT2D eigenvalue weighted by molar-refractivity contribution is 0.526. The summed E-state index contributed by atoms with van der Waals surface area (Å²) in [5, 5.41) is 3.68. The van der Waals surface area contributed by atoms with Crippen LogP contribution < -0.4 is 10.2 Å². The van der Waals surface area contributed by atoms with Crippen molar-refractivity contribution in [3.05, 3.63) is 54.4 Å². The predicted octanol–water partition coefficient (Wildman–Crippen LogP) is 3.47. The first-order valence-electron chi connectivity index (χ1n) is 7.30. The summed E-state index contributed by atoms with van der Waals surface area (Å²) in [6, 6.07) is 13.3. The molecule has 1 aliphatic rings. The van der Waals surface area contributed by atoms with Gasteiger partial charge in [0.1, 0.15) is 0 Å². The van der Waals surface area contributed by atoms with E-state index in [1.807, 2.05) is 12.4 Å². The highest BCUT2D eigenvalue weighted by Gasteiger charge is 2.19. The number of nitrogens with one attached hydrogen (secondary N) is 1. The normalized spacial score (nSPS) is 16.1. The fourth-order valence-corrected chi connectivity index (χ4v) is 2.79. The Hall–Kier alpha value is -2.03. The van der Waals surface area contributed by atoms with Gasteiger partial charge in [0.05, 0.1) is 0 Å². The Bertz CT molecular complexity index is 545. The molecule has 1 aromatic carbocycles. The molecule has 2 heterocycles. The van der Waals surface area contributed by atoms with Gasteiger partial charge in [-0.3, -0.25) is 4.98 Å². The molecule has 1 fully saturated rings. The number of hydrogen-bond donors (Lipinski definition) is 1. The van der Waals surface area contributed by atoms with E-state index in [-0.39, 0.29) is 0 Å². The van der Waals surface area contributed by atoms with E-state index in [0.29, 0.717) is 6.04 Å². The van der Waals surface area contributed by atoms with Crippen LogP contribution in [0, 0.1) is 6.92 Å². The van der Waals surface area contributed by atoms with E-state index in [1.165, 1.54) is 29.8 Å². The van der Waals surface area contributed by atoms with Gasteiger partial charge in [0, 0.05) is 42.9 Å². The van der Waals surface area contributed by atoms with E-state index in [4.69, 9.17) is 0 Å². The number of nitrogens with zero attached hydrogens (tertiary/aromatic N) is 2. The molecule has 2 aromatic rings. The van der Waals surface area contributed by atoms with Gasteiger partial charge in [0.25, 0.3) is 0 Å². The zero-order valence-electron chi connectivity index (χ0n) is 11.9. The lowest BCUT2D eigenvalue weighted by Gasteiger charge is -2.34. The second kappa shape index (κ2) is 5.95. The second-order valence-corrected chi connectivity index (χ2v) is 5.43. The summed E-state index contributed by atoms with van der Waals surface area (Å²) in [6.45, 7) is 4.37. The molecule has 3 rings (SSSR count). The average molecular weight is 267 g/mol. The van der Waals surface area contributed by atoms with Gasteiger partial charge < -0.3 is 10.2 Å². The molecule has 20 heavy (non-hydrogen) atoms. The van der Waals surface area contributed by atoms with Crippen LogP contribution in [0.25, 0.3) is 0 Å². The first-order chi connectivity index (χ1) is 9.83. The Labute approximate surface area is 120 Å². The molecule has 0 bridgehead atoms. The van der Waals surface area contributed by atoms with Gasteiger partial charge in [0.15, 0.2) is 0 Å². The van der Waals surface area contributed by atoms with Crippen LogP contribution >= 0.6 is 0 Å². The van der Waals surface area contributed by atoms with Crippen molar-refractivity contribution in [2.24, 2.45) is 0 Å². The third-order valence-corrected chi connectivity index (χ3v) is 4.03. The Morgan fingerprint density at radius 1 is 1.05 bits per heavy atom. The topological polar surface area (TPSA) is 28.2 Å². The Morgan fingerprint density at radius 3 is 2.45 bits per heavy atom. The van der Waals surface area contributed by atoms with E-state index in [2.05, 4.69) is 58.5 Å². The molecule has 104 valence electrons. The Kier molecular flexibility index (Phi) is 3.86. The summed E-state index contributed by atoms with van der Waals surface area (Å²) in [4.78, 5) is 6.52.